The molecule has 7 rings (SSSR count). The number of carbonyl (C=O) groups is 4. The predicted octanol–water partition coefficient (Wildman–Crippen LogP) is 5.33. The highest BCUT2D eigenvalue weighted by Crippen LogP contribution is 2.30. The van der Waals surface area contributed by atoms with Crippen LogP contribution in [0, 0.1) is 0 Å². The van der Waals surface area contributed by atoms with Crippen LogP contribution in [0.1, 0.15) is 49.0 Å². The third-order valence-corrected chi connectivity index (χ3v) is 9.72. The van der Waals surface area contributed by atoms with Gasteiger partial charge in [0, 0.05) is 35.6 Å². The van der Waals surface area contributed by atoms with Gasteiger partial charge in [-0.1, -0.05) is 60.7 Å². The highest BCUT2D eigenvalue weighted by atomic mass is 16.4. The lowest BCUT2D eigenvalue weighted by molar-refractivity contribution is -0.144. The van der Waals surface area contributed by atoms with E-state index in [1.165, 1.54) is 9.80 Å². The molecule has 4 aromatic carbocycles. The number of amides is 4. The van der Waals surface area contributed by atoms with Crippen molar-refractivity contribution in [3.63, 3.8) is 0 Å². The Kier molecular flexibility index (Phi) is 10.4. The van der Waals surface area contributed by atoms with E-state index in [0.29, 0.717) is 78.5 Å². The zero-order valence-corrected chi connectivity index (χ0v) is 28.8. The van der Waals surface area contributed by atoms with Crippen LogP contribution >= 0.6 is 0 Å². The van der Waals surface area contributed by atoms with Gasteiger partial charge < -0.3 is 35.1 Å². The Hall–Kier alpha value is -6.11. The van der Waals surface area contributed by atoms with E-state index in [-0.39, 0.29) is 11.8 Å². The number of anilines is 2. The summed E-state index contributed by atoms with van der Waals surface area (Å²) in [6, 6.07) is 30.1. The quantitative estimate of drug-likeness (QED) is 0.151. The summed E-state index contributed by atoms with van der Waals surface area (Å²) in [5, 5.41) is 27.0. The van der Waals surface area contributed by atoms with Gasteiger partial charge >= 0.3 is 0 Å². The van der Waals surface area contributed by atoms with Gasteiger partial charge in [-0.2, -0.15) is 0 Å². The minimum atomic E-state index is -1.33. The van der Waals surface area contributed by atoms with Gasteiger partial charge in [0.15, 0.2) is 18.0 Å². The van der Waals surface area contributed by atoms with Crippen LogP contribution in [0.4, 0.5) is 11.4 Å². The third kappa shape index (κ3) is 7.74. The van der Waals surface area contributed by atoms with Gasteiger partial charge in [-0.05, 0) is 85.3 Å². The summed E-state index contributed by atoms with van der Waals surface area (Å²) in [6.45, 7) is 0.792. The van der Waals surface area contributed by atoms with E-state index in [1.807, 2.05) is 6.07 Å². The molecule has 0 bridgehead atoms. The SMILES string of the molecule is O=C(Nc1ccc(-c2cnc(-c3ccc(NC(=O)C4CCCN4C(=O)C(O)c4ccccc4)cc3)o2)cc1)C1CCCN1C(=O)C(O)c1ccccc1. The molecule has 270 valence electrons. The van der Waals surface area contributed by atoms with Crippen LogP contribution < -0.4 is 10.6 Å². The smallest absolute Gasteiger partial charge is 0.256 e. The maximum Gasteiger partial charge on any atom is 0.256 e. The molecule has 4 atom stereocenters. The molecule has 4 amide bonds. The number of carbonyl (C=O) groups excluding carboxylic acids is 4. The molecule has 2 aliphatic rings. The van der Waals surface area contributed by atoms with Crippen molar-refractivity contribution in [3.05, 3.63) is 127 Å². The number of aliphatic hydroxyl groups excluding tert-OH is 2. The molecule has 5 aromatic rings. The summed E-state index contributed by atoms with van der Waals surface area (Å²) >= 11 is 0. The minimum Gasteiger partial charge on any atom is -0.436 e. The zero-order valence-electron chi connectivity index (χ0n) is 28.8. The Balaban J connectivity index is 0.938. The number of oxazole rings is 1. The van der Waals surface area contributed by atoms with Crippen molar-refractivity contribution in [1.29, 1.82) is 0 Å². The second kappa shape index (κ2) is 15.6. The van der Waals surface area contributed by atoms with Crippen LogP contribution in [0.2, 0.25) is 0 Å². The van der Waals surface area contributed by atoms with E-state index in [0.717, 1.165) is 5.56 Å². The van der Waals surface area contributed by atoms with E-state index < -0.39 is 36.1 Å². The fraction of sp³-hybridized carbons (Fsp3) is 0.244. The molecule has 53 heavy (non-hydrogen) atoms. The Morgan fingerprint density at radius 3 is 1.51 bits per heavy atom. The molecule has 4 unspecified atom stereocenters. The lowest BCUT2D eigenvalue weighted by Crippen LogP contribution is -2.45. The number of rotatable bonds is 10. The number of nitrogens with zero attached hydrogens (tertiary/aromatic N) is 3. The highest BCUT2D eigenvalue weighted by molar-refractivity contribution is 5.99. The molecule has 12 nitrogen and oxygen atoms in total. The van der Waals surface area contributed by atoms with Crippen LogP contribution in [-0.4, -0.2) is 73.8 Å². The molecule has 4 N–H and O–H groups in total. The average Bonchev–Trinajstić information content (AvgIpc) is 4.00. The third-order valence-electron chi connectivity index (χ3n) is 9.72. The predicted molar refractivity (Wildman–Crippen MR) is 197 cm³/mol. The molecule has 0 radical (unpaired) electrons. The van der Waals surface area contributed by atoms with Crippen molar-refractivity contribution in [2.24, 2.45) is 0 Å². The number of hydrogen-bond acceptors (Lipinski definition) is 8. The van der Waals surface area contributed by atoms with Crippen LogP contribution in [0.5, 0.6) is 0 Å². The number of likely N-dealkylation sites (tertiary alicyclic amines) is 2. The first-order chi connectivity index (χ1) is 25.8. The van der Waals surface area contributed by atoms with Crippen molar-refractivity contribution in [3.8, 4) is 22.8 Å². The second-order valence-corrected chi connectivity index (χ2v) is 13.2. The highest BCUT2D eigenvalue weighted by Gasteiger charge is 2.38. The van der Waals surface area contributed by atoms with E-state index >= 15 is 0 Å². The van der Waals surface area contributed by atoms with Crippen LogP contribution in [-0.2, 0) is 19.2 Å². The van der Waals surface area contributed by atoms with Crippen molar-refractivity contribution in [2.45, 2.75) is 50.0 Å². The van der Waals surface area contributed by atoms with Gasteiger partial charge in [0.25, 0.3) is 11.8 Å². The van der Waals surface area contributed by atoms with Gasteiger partial charge in [0.1, 0.15) is 12.1 Å². The summed E-state index contributed by atoms with van der Waals surface area (Å²) in [7, 11) is 0. The minimum absolute atomic E-state index is 0.318. The van der Waals surface area contributed by atoms with E-state index in [2.05, 4.69) is 15.6 Å². The Morgan fingerprint density at radius 2 is 1.06 bits per heavy atom. The Labute approximate surface area is 306 Å². The average molecular weight is 714 g/mol. The second-order valence-electron chi connectivity index (χ2n) is 13.2. The zero-order chi connectivity index (χ0) is 36.9. The van der Waals surface area contributed by atoms with Crippen molar-refractivity contribution >= 4 is 35.0 Å². The fourth-order valence-electron chi connectivity index (χ4n) is 6.88. The number of nitrogens with one attached hydrogen (secondary N) is 2. The first-order valence-corrected chi connectivity index (χ1v) is 17.6. The molecule has 0 saturated carbocycles. The summed E-state index contributed by atoms with van der Waals surface area (Å²) < 4.78 is 6.04. The van der Waals surface area contributed by atoms with Crippen LogP contribution in [0.25, 0.3) is 22.8 Å². The van der Waals surface area contributed by atoms with E-state index in [9.17, 15) is 29.4 Å². The molecular weight excluding hydrogens is 674 g/mol. The number of hydrogen-bond donors (Lipinski definition) is 4. The number of aromatic nitrogens is 1. The summed E-state index contributed by atoms with van der Waals surface area (Å²) in [5.41, 5.74) is 3.50. The van der Waals surface area contributed by atoms with Gasteiger partial charge in [0.05, 0.1) is 6.20 Å². The number of aliphatic hydroxyl groups is 2. The standard InChI is InChI=1S/C41H39N5O7/c47-35(27-9-3-1-4-10-27)40(51)45-23-7-13-32(45)37(49)43-30-19-15-26(16-20-30)34-25-42-39(53-34)29-17-21-31(22-18-29)44-38(50)33-14-8-24-46(33)41(52)36(48)28-11-5-2-6-12-28/h1-6,9-12,15-22,25,32-33,35-36,47-48H,7-8,13-14,23-24H2,(H,43,49)(H,44,50). The molecule has 0 aliphatic carbocycles. The summed E-state index contributed by atoms with van der Waals surface area (Å²) in [6.07, 6.45) is 1.28. The van der Waals surface area contributed by atoms with Crippen molar-refractivity contribution < 1.29 is 33.8 Å². The lowest BCUT2D eigenvalue weighted by Gasteiger charge is -2.26. The van der Waals surface area contributed by atoms with Crippen molar-refractivity contribution in [2.75, 3.05) is 23.7 Å². The maximum atomic E-state index is 13.2. The molecular formula is C41H39N5O7. The maximum absolute atomic E-state index is 13.2. The Bertz CT molecular complexity index is 1920. The first-order valence-electron chi connectivity index (χ1n) is 17.6. The normalized spacial score (nSPS) is 18.0. The Morgan fingerprint density at radius 1 is 0.623 bits per heavy atom. The van der Waals surface area contributed by atoms with E-state index in [4.69, 9.17) is 4.42 Å². The monoisotopic (exact) mass is 713 g/mol. The van der Waals surface area contributed by atoms with E-state index in [1.54, 1.807) is 109 Å². The molecule has 3 heterocycles. The van der Waals surface area contributed by atoms with Gasteiger partial charge in [-0.3, -0.25) is 19.2 Å². The van der Waals surface area contributed by atoms with Crippen molar-refractivity contribution in [1.82, 2.24) is 14.8 Å². The molecule has 1 aromatic heterocycles. The molecule has 2 aliphatic heterocycles. The lowest BCUT2D eigenvalue weighted by atomic mass is 10.1. The topological polar surface area (TPSA) is 165 Å². The van der Waals surface area contributed by atoms with Gasteiger partial charge in [-0.15, -0.1) is 0 Å². The van der Waals surface area contributed by atoms with Gasteiger partial charge in [0.2, 0.25) is 17.7 Å². The number of benzene rings is 4. The fourth-order valence-corrected chi connectivity index (χ4v) is 6.88. The van der Waals surface area contributed by atoms with Crippen LogP contribution in [0.15, 0.2) is 120 Å². The molecule has 2 saturated heterocycles. The largest absolute Gasteiger partial charge is 0.436 e. The molecule has 12 heteroatoms. The molecule has 0 spiro atoms. The first kappa shape index (κ1) is 35.3. The summed E-state index contributed by atoms with van der Waals surface area (Å²) in [4.78, 5) is 59.8. The van der Waals surface area contributed by atoms with Crippen LogP contribution in [0.3, 0.4) is 0 Å². The molecule has 2 fully saturated rings. The van der Waals surface area contributed by atoms with Gasteiger partial charge in [-0.25, -0.2) is 4.98 Å². The summed E-state index contributed by atoms with van der Waals surface area (Å²) in [5.74, 6) is -0.732.